The van der Waals surface area contributed by atoms with Gasteiger partial charge in [0.05, 0.1) is 5.39 Å². The van der Waals surface area contributed by atoms with Crippen LogP contribution in [-0.4, -0.2) is 28.5 Å². The second kappa shape index (κ2) is 8.41. The number of hydrogen-bond acceptors (Lipinski definition) is 7. The summed E-state index contributed by atoms with van der Waals surface area (Å²) in [6.45, 7) is 3.02. The number of hydrogen-bond donors (Lipinski definition) is 3. The third kappa shape index (κ3) is 4.72. The van der Waals surface area contributed by atoms with E-state index in [-0.39, 0.29) is 0 Å². The molecule has 0 atom stereocenters. The molecule has 0 saturated heterocycles. The fraction of sp³-hybridized carbons (Fsp3) is 0.571. The fourth-order valence-electron chi connectivity index (χ4n) is 2.17. The predicted octanol–water partition coefficient (Wildman–Crippen LogP) is 3.62. The Bertz CT molecular complexity index is 570. The number of rotatable bonds is 9. The number of nitrogens with one attached hydrogen (secondary N) is 2. The van der Waals surface area contributed by atoms with Crippen LogP contribution in [0.4, 0.5) is 11.8 Å². The number of aryl methyl sites for hydroxylation is 1. The Hall–Kier alpha value is -1.05. The molecular weight excluding hydrogens is 302 g/mol. The van der Waals surface area contributed by atoms with E-state index in [2.05, 4.69) is 40.0 Å². The third-order valence-corrected chi connectivity index (χ3v) is 4.85. The number of nitrogens with zero attached hydrogens (tertiary/aromatic N) is 2. The maximum absolute atomic E-state index is 5.44. The van der Waals surface area contributed by atoms with Crippen molar-refractivity contribution in [2.24, 2.45) is 5.84 Å². The molecule has 2 aromatic heterocycles. The monoisotopic (exact) mass is 325 g/mol. The molecule has 0 fully saturated rings. The largest absolute Gasteiger partial charge is 0.369 e. The zero-order valence-electron chi connectivity index (χ0n) is 12.6. The summed E-state index contributed by atoms with van der Waals surface area (Å²) in [5.74, 6) is 8.04. The molecule has 2 heterocycles. The van der Waals surface area contributed by atoms with Crippen LogP contribution >= 0.6 is 23.1 Å². The Balaban J connectivity index is 1.91. The molecule has 0 amide bonds. The van der Waals surface area contributed by atoms with Crippen LogP contribution in [0.2, 0.25) is 0 Å². The van der Waals surface area contributed by atoms with E-state index in [1.807, 2.05) is 11.8 Å². The fourth-order valence-corrected chi connectivity index (χ4v) is 3.55. The van der Waals surface area contributed by atoms with E-state index in [9.17, 15) is 0 Å². The van der Waals surface area contributed by atoms with E-state index in [0.717, 1.165) is 29.0 Å². The highest BCUT2D eigenvalue weighted by atomic mass is 32.2. The average molecular weight is 326 g/mol. The van der Waals surface area contributed by atoms with Gasteiger partial charge in [0.2, 0.25) is 5.95 Å². The van der Waals surface area contributed by atoms with Gasteiger partial charge < -0.3 is 5.32 Å². The number of nitrogen functional groups attached to an aromatic ring is 1. The minimum Gasteiger partial charge on any atom is -0.369 e. The molecule has 2 aromatic rings. The lowest BCUT2D eigenvalue weighted by molar-refractivity contribution is 0.688. The first kappa shape index (κ1) is 16.3. The zero-order chi connectivity index (χ0) is 15.1. The maximum atomic E-state index is 5.44. The number of fused-ring (bicyclic) bond motifs is 1. The second-order valence-electron chi connectivity index (χ2n) is 4.95. The van der Waals surface area contributed by atoms with Crippen LogP contribution in [0.25, 0.3) is 10.2 Å². The topological polar surface area (TPSA) is 75.9 Å². The third-order valence-electron chi connectivity index (χ3n) is 3.21. The van der Waals surface area contributed by atoms with Gasteiger partial charge in [-0.3, -0.25) is 5.43 Å². The van der Waals surface area contributed by atoms with Gasteiger partial charge in [-0.15, -0.1) is 11.3 Å². The van der Waals surface area contributed by atoms with Crippen LogP contribution in [0.5, 0.6) is 0 Å². The van der Waals surface area contributed by atoms with Gasteiger partial charge in [-0.05, 0) is 37.8 Å². The van der Waals surface area contributed by atoms with Crippen molar-refractivity contribution >= 4 is 45.1 Å². The van der Waals surface area contributed by atoms with E-state index >= 15 is 0 Å². The number of aromatic nitrogens is 2. The quantitative estimate of drug-likeness (QED) is 0.371. The summed E-state index contributed by atoms with van der Waals surface area (Å²) < 4.78 is 0. The Kier molecular flexibility index (Phi) is 6.53. The van der Waals surface area contributed by atoms with Crippen LogP contribution < -0.4 is 16.6 Å². The van der Waals surface area contributed by atoms with E-state index < -0.39 is 0 Å². The van der Waals surface area contributed by atoms with Gasteiger partial charge in [-0.25, -0.2) is 10.8 Å². The lowest BCUT2D eigenvalue weighted by Gasteiger charge is -2.08. The van der Waals surface area contributed by atoms with Gasteiger partial charge in [0.15, 0.2) is 0 Å². The Morgan fingerprint density at radius 2 is 2.05 bits per heavy atom. The van der Waals surface area contributed by atoms with Crippen molar-refractivity contribution in [3.05, 3.63) is 10.9 Å². The van der Waals surface area contributed by atoms with Gasteiger partial charge >= 0.3 is 0 Å². The smallest absolute Gasteiger partial charge is 0.240 e. The highest BCUT2D eigenvalue weighted by molar-refractivity contribution is 7.98. The summed E-state index contributed by atoms with van der Waals surface area (Å²) in [7, 11) is 0. The summed E-state index contributed by atoms with van der Waals surface area (Å²) in [6, 6.07) is 2.13. The Morgan fingerprint density at radius 1 is 1.24 bits per heavy atom. The number of unbranched alkanes of at least 4 members (excludes halogenated alkanes) is 3. The summed E-state index contributed by atoms with van der Waals surface area (Å²) in [6.07, 6.45) is 7.19. The van der Waals surface area contributed by atoms with Gasteiger partial charge in [0, 0.05) is 11.4 Å². The molecule has 5 nitrogen and oxygen atoms in total. The van der Waals surface area contributed by atoms with Crippen molar-refractivity contribution in [2.75, 3.05) is 29.3 Å². The summed E-state index contributed by atoms with van der Waals surface area (Å²) in [5.41, 5.74) is 2.54. The molecule has 0 aromatic carbocycles. The number of anilines is 2. The lowest BCUT2D eigenvalue weighted by Crippen LogP contribution is -2.12. The van der Waals surface area contributed by atoms with Crippen LogP contribution in [0, 0.1) is 6.92 Å². The van der Waals surface area contributed by atoms with Crippen molar-refractivity contribution in [1.82, 2.24) is 9.97 Å². The molecule has 116 valence electrons. The Labute approximate surface area is 134 Å². The van der Waals surface area contributed by atoms with Gasteiger partial charge in [-0.1, -0.05) is 12.8 Å². The van der Waals surface area contributed by atoms with Crippen LogP contribution in [-0.2, 0) is 0 Å². The van der Waals surface area contributed by atoms with Crippen LogP contribution in [0.15, 0.2) is 6.07 Å². The molecule has 0 spiro atoms. The molecule has 7 heteroatoms. The number of hydrazine groups is 1. The van der Waals surface area contributed by atoms with E-state index in [1.165, 1.54) is 29.9 Å². The molecule has 4 N–H and O–H groups in total. The molecule has 0 saturated carbocycles. The minimum atomic E-state index is 0.465. The van der Waals surface area contributed by atoms with E-state index in [1.54, 1.807) is 11.3 Å². The Morgan fingerprint density at radius 3 is 2.81 bits per heavy atom. The average Bonchev–Trinajstić information content (AvgIpc) is 2.86. The molecule has 2 rings (SSSR count). The van der Waals surface area contributed by atoms with Crippen molar-refractivity contribution in [3.63, 3.8) is 0 Å². The molecule has 0 unspecified atom stereocenters. The first-order valence-electron chi connectivity index (χ1n) is 7.22. The molecular formula is C14H23N5S2. The second-order valence-corrected chi connectivity index (χ2v) is 7.17. The van der Waals surface area contributed by atoms with Crippen LogP contribution in [0.1, 0.15) is 30.6 Å². The van der Waals surface area contributed by atoms with Crippen molar-refractivity contribution < 1.29 is 0 Å². The first-order chi connectivity index (χ1) is 10.2. The standard InChI is InChI=1S/C14H23N5S2/c1-10-9-11-12(16-7-5-3-4-6-8-20-2)17-14(19-15)18-13(11)21-10/h9H,3-8,15H2,1-2H3,(H2,16,17,18,19). The van der Waals surface area contributed by atoms with Crippen molar-refractivity contribution in [1.29, 1.82) is 0 Å². The maximum Gasteiger partial charge on any atom is 0.240 e. The van der Waals surface area contributed by atoms with E-state index in [4.69, 9.17) is 5.84 Å². The van der Waals surface area contributed by atoms with Gasteiger partial charge in [0.1, 0.15) is 10.6 Å². The van der Waals surface area contributed by atoms with Crippen LogP contribution in [0.3, 0.4) is 0 Å². The highest BCUT2D eigenvalue weighted by Crippen LogP contribution is 2.29. The number of thioether (sulfide) groups is 1. The van der Waals surface area contributed by atoms with Crippen molar-refractivity contribution in [3.8, 4) is 0 Å². The molecule has 0 bridgehead atoms. The zero-order valence-corrected chi connectivity index (χ0v) is 14.2. The highest BCUT2D eigenvalue weighted by Gasteiger charge is 2.09. The predicted molar refractivity (Wildman–Crippen MR) is 95.3 cm³/mol. The molecule has 0 aliphatic heterocycles. The summed E-state index contributed by atoms with van der Waals surface area (Å²) in [4.78, 5) is 11.0. The first-order valence-corrected chi connectivity index (χ1v) is 9.43. The van der Waals surface area contributed by atoms with E-state index in [0.29, 0.717) is 5.95 Å². The number of thiophene rings is 1. The molecule has 21 heavy (non-hydrogen) atoms. The molecule has 0 aliphatic carbocycles. The lowest BCUT2D eigenvalue weighted by atomic mass is 10.2. The SMILES string of the molecule is CSCCCCCCNc1nc(NN)nc2sc(C)cc12. The van der Waals surface area contributed by atoms with Gasteiger partial charge in [0.25, 0.3) is 0 Å². The summed E-state index contributed by atoms with van der Waals surface area (Å²) >= 11 is 3.58. The normalized spacial score (nSPS) is 11.0. The minimum absolute atomic E-state index is 0.465. The number of nitrogens with two attached hydrogens (primary N) is 1. The van der Waals surface area contributed by atoms with Crippen molar-refractivity contribution in [2.45, 2.75) is 32.6 Å². The molecule has 0 aliphatic rings. The summed E-state index contributed by atoms with van der Waals surface area (Å²) in [5, 5.41) is 4.50. The molecule has 0 radical (unpaired) electrons. The van der Waals surface area contributed by atoms with Gasteiger partial charge in [-0.2, -0.15) is 16.7 Å².